The standard InChI is InChI=1S/C16H12Cl2N2O3S/c1-9-8-24-16(20-9)12(6-19)14(21)7-23-15(22)4-10-2-3-11(17)5-13(10)18/h2-3,5,8,12H,4,7H2,1H3/t12-/m1/s1. The maximum Gasteiger partial charge on any atom is 0.310 e. The van der Waals surface area contributed by atoms with Crippen molar-refractivity contribution in [3.05, 3.63) is 49.9 Å². The van der Waals surface area contributed by atoms with E-state index in [2.05, 4.69) is 4.98 Å². The Kier molecular flexibility index (Phi) is 6.32. The molecule has 1 aromatic heterocycles. The molecule has 0 saturated carbocycles. The molecule has 0 unspecified atom stereocenters. The van der Waals surface area contributed by atoms with Crippen LogP contribution >= 0.6 is 34.5 Å². The van der Waals surface area contributed by atoms with E-state index in [4.69, 9.17) is 33.2 Å². The van der Waals surface area contributed by atoms with Gasteiger partial charge in [0.2, 0.25) is 0 Å². The molecule has 2 aromatic rings. The van der Waals surface area contributed by atoms with E-state index in [-0.39, 0.29) is 6.42 Å². The largest absolute Gasteiger partial charge is 0.457 e. The molecule has 0 aliphatic heterocycles. The predicted molar refractivity (Wildman–Crippen MR) is 91.3 cm³/mol. The Bertz CT molecular complexity index is 814. The number of carbonyl (C=O) groups excluding carboxylic acids is 2. The fourth-order valence-corrected chi connectivity index (χ4v) is 3.21. The second-order valence-corrected chi connectivity index (χ2v) is 6.66. The second kappa shape index (κ2) is 8.25. The molecule has 0 amide bonds. The predicted octanol–water partition coefficient (Wildman–Crippen LogP) is 3.72. The lowest BCUT2D eigenvalue weighted by Gasteiger charge is -2.08. The van der Waals surface area contributed by atoms with Gasteiger partial charge in [0, 0.05) is 21.1 Å². The van der Waals surface area contributed by atoms with Gasteiger partial charge in [0.05, 0.1) is 12.5 Å². The van der Waals surface area contributed by atoms with Crippen molar-refractivity contribution in [1.29, 1.82) is 5.26 Å². The molecule has 1 atom stereocenters. The zero-order valence-corrected chi connectivity index (χ0v) is 14.9. The van der Waals surface area contributed by atoms with Crippen molar-refractivity contribution in [1.82, 2.24) is 4.98 Å². The zero-order chi connectivity index (χ0) is 17.7. The van der Waals surface area contributed by atoms with E-state index in [1.165, 1.54) is 17.4 Å². The van der Waals surface area contributed by atoms with Gasteiger partial charge in [-0.05, 0) is 24.6 Å². The number of nitriles is 1. The third kappa shape index (κ3) is 4.78. The van der Waals surface area contributed by atoms with Crippen LogP contribution in [0, 0.1) is 18.3 Å². The number of Topliss-reactive ketones (excluding diaryl/α,β-unsaturated/α-hetero) is 1. The Labute approximate surface area is 152 Å². The van der Waals surface area contributed by atoms with Crippen molar-refractivity contribution in [2.75, 3.05) is 6.61 Å². The quantitative estimate of drug-likeness (QED) is 0.711. The van der Waals surface area contributed by atoms with Crippen LogP contribution in [-0.2, 0) is 20.7 Å². The van der Waals surface area contributed by atoms with Crippen molar-refractivity contribution in [2.45, 2.75) is 19.3 Å². The summed E-state index contributed by atoms with van der Waals surface area (Å²) < 4.78 is 4.95. The molecular weight excluding hydrogens is 371 g/mol. The van der Waals surface area contributed by atoms with Gasteiger partial charge in [-0.25, -0.2) is 4.98 Å². The summed E-state index contributed by atoms with van der Waals surface area (Å²) in [5, 5.41) is 12.1. The summed E-state index contributed by atoms with van der Waals surface area (Å²) in [6.07, 6.45) is -0.0864. The number of aryl methyl sites for hydroxylation is 1. The van der Waals surface area contributed by atoms with Crippen LogP contribution in [0.3, 0.4) is 0 Å². The molecule has 0 fully saturated rings. The minimum absolute atomic E-state index is 0.0864. The van der Waals surface area contributed by atoms with Gasteiger partial charge in [-0.2, -0.15) is 5.26 Å². The highest BCUT2D eigenvalue weighted by molar-refractivity contribution is 7.09. The summed E-state index contributed by atoms with van der Waals surface area (Å²) in [6.45, 7) is 1.29. The highest BCUT2D eigenvalue weighted by atomic mass is 35.5. The van der Waals surface area contributed by atoms with Crippen LogP contribution in [0.25, 0.3) is 0 Å². The normalized spacial score (nSPS) is 11.6. The molecule has 0 bridgehead atoms. The number of nitrogens with zero attached hydrogens (tertiary/aromatic N) is 2. The lowest BCUT2D eigenvalue weighted by molar-refractivity contribution is -0.147. The Morgan fingerprint density at radius 3 is 2.75 bits per heavy atom. The fourth-order valence-electron chi connectivity index (χ4n) is 1.88. The van der Waals surface area contributed by atoms with Crippen molar-refractivity contribution < 1.29 is 14.3 Å². The van der Waals surface area contributed by atoms with Gasteiger partial charge in [0.15, 0.2) is 18.3 Å². The molecule has 0 aliphatic carbocycles. The highest BCUT2D eigenvalue weighted by Gasteiger charge is 2.24. The molecule has 0 radical (unpaired) electrons. The maximum atomic E-state index is 12.1. The van der Waals surface area contributed by atoms with Crippen LogP contribution in [0.5, 0.6) is 0 Å². The Hall–Kier alpha value is -1.94. The van der Waals surface area contributed by atoms with E-state index in [0.29, 0.717) is 20.6 Å². The van der Waals surface area contributed by atoms with Gasteiger partial charge in [0.25, 0.3) is 0 Å². The smallest absolute Gasteiger partial charge is 0.310 e. The topological polar surface area (TPSA) is 80.0 Å². The number of esters is 1. The first-order valence-electron chi connectivity index (χ1n) is 6.84. The van der Waals surface area contributed by atoms with E-state index in [0.717, 1.165) is 5.69 Å². The summed E-state index contributed by atoms with van der Waals surface area (Å²) in [4.78, 5) is 28.0. The Morgan fingerprint density at radius 2 is 2.17 bits per heavy atom. The first-order chi connectivity index (χ1) is 11.4. The molecule has 24 heavy (non-hydrogen) atoms. The third-order valence-corrected chi connectivity index (χ3v) is 4.67. The first kappa shape index (κ1) is 18.4. The first-order valence-corrected chi connectivity index (χ1v) is 8.48. The summed E-state index contributed by atoms with van der Waals surface area (Å²) in [7, 11) is 0. The molecule has 0 spiro atoms. The molecule has 0 N–H and O–H groups in total. The van der Waals surface area contributed by atoms with Crippen molar-refractivity contribution in [2.24, 2.45) is 0 Å². The van der Waals surface area contributed by atoms with Gasteiger partial charge >= 0.3 is 5.97 Å². The zero-order valence-electron chi connectivity index (χ0n) is 12.6. The van der Waals surface area contributed by atoms with Gasteiger partial charge in [0.1, 0.15) is 5.01 Å². The number of halogens is 2. The van der Waals surface area contributed by atoms with E-state index in [1.54, 1.807) is 24.4 Å². The van der Waals surface area contributed by atoms with Gasteiger partial charge in [-0.3, -0.25) is 9.59 Å². The van der Waals surface area contributed by atoms with Crippen LogP contribution in [0.15, 0.2) is 23.6 Å². The molecule has 5 nitrogen and oxygen atoms in total. The van der Waals surface area contributed by atoms with E-state index in [9.17, 15) is 9.59 Å². The number of ether oxygens (including phenoxy) is 1. The van der Waals surface area contributed by atoms with E-state index >= 15 is 0 Å². The summed E-state index contributed by atoms with van der Waals surface area (Å²) >= 11 is 13.0. The van der Waals surface area contributed by atoms with Gasteiger partial charge in [-0.1, -0.05) is 29.3 Å². The lowest BCUT2D eigenvalue weighted by atomic mass is 10.1. The molecule has 2 rings (SSSR count). The summed E-state index contributed by atoms with van der Waals surface area (Å²) in [6, 6.07) is 6.64. The van der Waals surface area contributed by atoms with Crippen molar-refractivity contribution in [3.63, 3.8) is 0 Å². The maximum absolute atomic E-state index is 12.1. The van der Waals surface area contributed by atoms with Crippen LogP contribution in [0.1, 0.15) is 22.2 Å². The number of hydrogen-bond donors (Lipinski definition) is 0. The Morgan fingerprint density at radius 1 is 1.42 bits per heavy atom. The van der Waals surface area contributed by atoms with Crippen LogP contribution < -0.4 is 0 Å². The lowest BCUT2D eigenvalue weighted by Crippen LogP contribution is -2.20. The second-order valence-electron chi connectivity index (χ2n) is 4.93. The summed E-state index contributed by atoms with van der Waals surface area (Å²) in [5.74, 6) is -2.15. The van der Waals surface area contributed by atoms with Gasteiger partial charge in [-0.15, -0.1) is 11.3 Å². The number of aromatic nitrogens is 1. The SMILES string of the molecule is Cc1csc([C@H](C#N)C(=O)COC(=O)Cc2ccc(Cl)cc2Cl)n1. The van der Waals surface area contributed by atoms with Crippen LogP contribution in [0.2, 0.25) is 10.0 Å². The number of carbonyl (C=O) groups is 2. The van der Waals surface area contributed by atoms with Crippen molar-refractivity contribution >= 4 is 46.3 Å². The molecule has 8 heteroatoms. The number of ketones is 1. The van der Waals surface area contributed by atoms with E-state index < -0.39 is 24.3 Å². The molecule has 0 saturated heterocycles. The molecule has 1 heterocycles. The summed E-state index contributed by atoms with van der Waals surface area (Å²) in [5.41, 5.74) is 1.28. The van der Waals surface area contributed by atoms with Crippen molar-refractivity contribution in [3.8, 4) is 6.07 Å². The van der Waals surface area contributed by atoms with Gasteiger partial charge < -0.3 is 4.74 Å². The van der Waals surface area contributed by atoms with Crippen LogP contribution in [-0.4, -0.2) is 23.3 Å². The van der Waals surface area contributed by atoms with E-state index in [1.807, 2.05) is 6.07 Å². The van der Waals surface area contributed by atoms with Crippen LogP contribution in [0.4, 0.5) is 0 Å². The average molecular weight is 383 g/mol. The molecule has 124 valence electrons. The number of thiazole rings is 1. The highest BCUT2D eigenvalue weighted by Crippen LogP contribution is 2.22. The minimum atomic E-state index is -1.03. The molecular formula is C16H12Cl2N2O3S. The monoisotopic (exact) mass is 382 g/mol. The number of hydrogen-bond acceptors (Lipinski definition) is 6. The minimum Gasteiger partial charge on any atom is -0.457 e. The number of rotatable bonds is 6. The average Bonchev–Trinajstić information content (AvgIpc) is 2.95. The number of benzene rings is 1. The molecule has 0 aliphatic rings. The third-order valence-electron chi connectivity index (χ3n) is 3.06. The fraction of sp³-hybridized carbons (Fsp3) is 0.250. The Balaban J connectivity index is 1.93. The molecule has 1 aromatic carbocycles.